The molecule has 0 fully saturated rings. The summed E-state index contributed by atoms with van der Waals surface area (Å²) < 4.78 is 6.73. The van der Waals surface area contributed by atoms with Crippen molar-refractivity contribution in [3.63, 3.8) is 0 Å². The van der Waals surface area contributed by atoms with Crippen molar-refractivity contribution in [2.45, 2.75) is 26.8 Å². The number of anilines is 2. The second kappa shape index (κ2) is 5.75. The monoisotopic (exact) mass is 313 g/mol. The van der Waals surface area contributed by atoms with Gasteiger partial charge in [-0.1, -0.05) is 0 Å². The minimum atomic E-state index is -0.124. The Morgan fingerprint density at radius 1 is 1.26 bits per heavy atom. The third-order valence-electron chi connectivity index (χ3n) is 3.57. The molecule has 0 amide bonds. The van der Waals surface area contributed by atoms with Crippen molar-refractivity contribution in [3.05, 3.63) is 40.3 Å². The van der Waals surface area contributed by atoms with Crippen LogP contribution in [0.25, 0.3) is 10.8 Å². The van der Waals surface area contributed by atoms with Gasteiger partial charge < -0.3 is 10.1 Å². The Balaban J connectivity index is 2.24. The molecule has 2 N–H and O–H groups in total. The molecule has 7 nitrogen and oxygen atoms in total. The number of hydrogen-bond acceptors (Lipinski definition) is 5. The fraction of sp³-hybridized carbons (Fsp3) is 0.312. The molecule has 0 aliphatic carbocycles. The molecule has 23 heavy (non-hydrogen) atoms. The summed E-state index contributed by atoms with van der Waals surface area (Å²) in [5.74, 6) is 1.88. The van der Waals surface area contributed by atoms with Crippen LogP contribution in [0.15, 0.2) is 29.1 Å². The van der Waals surface area contributed by atoms with E-state index in [1.807, 2.05) is 26.8 Å². The van der Waals surface area contributed by atoms with E-state index in [4.69, 9.17) is 4.74 Å². The van der Waals surface area contributed by atoms with E-state index < -0.39 is 0 Å². The zero-order valence-electron chi connectivity index (χ0n) is 13.5. The molecule has 0 bridgehead atoms. The second-order valence-electron chi connectivity index (χ2n) is 5.66. The smallest absolute Gasteiger partial charge is 0.275 e. The number of aromatic nitrogens is 4. The van der Waals surface area contributed by atoms with E-state index in [0.717, 1.165) is 5.69 Å². The number of hydrogen-bond donors (Lipinski definition) is 2. The van der Waals surface area contributed by atoms with Crippen LogP contribution in [0.3, 0.4) is 0 Å². The number of aromatic amines is 1. The summed E-state index contributed by atoms with van der Waals surface area (Å²) in [7, 11) is 1.59. The molecule has 0 radical (unpaired) electrons. The van der Waals surface area contributed by atoms with Gasteiger partial charge in [-0.25, -0.2) is 4.68 Å². The standard InChI is InChI=1S/C16H19N5O2/c1-9(2)21-16(22)12-6-5-11(23-4)8-13(12)15(20-21)17-14-7-10(3)18-19-14/h5-9H,1-4H3,(H2,17,18,19,20). The number of benzene rings is 1. The fourth-order valence-corrected chi connectivity index (χ4v) is 2.41. The summed E-state index contributed by atoms with van der Waals surface area (Å²) in [6.45, 7) is 5.76. The highest BCUT2D eigenvalue weighted by Crippen LogP contribution is 2.26. The van der Waals surface area contributed by atoms with Crippen molar-refractivity contribution < 1.29 is 4.74 Å². The van der Waals surface area contributed by atoms with Gasteiger partial charge in [0.25, 0.3) is 5.56 Å². The van der Waals surface area contributed by atoms with Gasteiger partial charge in [0.1, 0.15) is 5.75 Å². The predicted molar refractivity (Wildman–Crippen MR) is 89.5 cm³/mol. The lowest BCUT2D eigenvalue weighted by molar-refractivity contribution is 0.415. The third-order valence-corrected chi connectivity index (χ3v) is 3.57. The zero-order valence-corrected chi connectivity index (χ0v) is 13.5. The third kappa shape index (κ3) is 2.77. The first kappa shape index (κ1) is 15.1. The van der Waals surface area contributed by atoms with Gasteiger partial charge in [0.2, 0.25) is 0 Å². The molecule has 0 unspecified atom stereocenters. The maximum atomic E-state index is 12.6. The Morgan fingerprint density at radius 2 is 2.04 bits per heavy atom. The van der Waals surface area contributed by atoms with Crippen LogP contribution in [0.2, 0.25) is 0 Å². The van der Waals surface area contributed by atoms with E-state index in [1.165, 1.54) is 4.68 Å². The number of H-pyrrole nitrogens is 1. The average Bonchev–Trinajstić information content (AvgIpc) is 2.94. The summed E-state index contributed by atoms with van der Waals surface area (Å²) in [4.78, 5) is 12.6. The molecule has 3 rings (SSSR count). The molecule has 0 aliphatic heterocycles. The van der Waals surface area contributed by atoms with Gasteiger partial charge in [0, 0.05) is 17.1 Å². The van der Waals surface area contributed by atoms with E-state index in [-0.39, 0.29) is 11.6 Å². The van der Waals surface area contributed by atoms with Crippen molar-refractivity contribution in [1.82, 2.24) is 20.0 Å². The molecular weight excluding hydrogens is 294 g/mol. The van der Waals surface area contributed by atoms with Crippen molar-refractivity contribution in [1.29, 1.82) is 0 Å². The Bertz CT molecular complexity index is 910. The second-order valence-corrected chi connectivity index (χ2v) is 5.66. The van der Waals surface area contributed by atoms with Gasteiger partial charge in [0.05, 0.1) is 18.5 Å². The Labute approximate surface area is 133 Å². The lowest BCUT2D eigenvalue weighted by atomic mass is 10.1. The number of fused-ring (bicyclic) bond motifs is 1. The highest BCUT2D eigenvalue weighted by Gasteiger charge is 2.14. The van der Waals surface area contributed by atoms with Gasteiger partial charge in [-0.2, -0.15) is 10.2 Å². The molecule has 120 valence electrons. The lowest BCUT2D eigenvalue weighted by Crippen LogP contribution is -2.25. The van der Waals surface area contributed by atoms with Crippen molar-refractivity contribution in [2.24, 2.45) is 0 Å². The molecule has 0 atom stereocenters. The first-order valence-corrected chi connectivity index (χ1v) is 7.39. The van der Waals surface area contributed by atoms with Gasteiger partial charge in [-0.15, -0.1) is 0 Å². The molecule has 0 saturated heterocycles. The van der Waals surface area contributed by atoms with Crippen molar-refractivity contribution in [2.75, 3.05) is 12.4 Å². The quantitative estimate of drug-likeness (QED) is 0.773. The largest absolute Gasteiger partial charge is 0.497 e. The summed E-state index contributed by atoms with van der Waals surface area (Å²) >= 11 is 0. The van der Waals surface area contributed by atoms with Crippen LogP contribution in [0, 0.1) is 6.92 Å². The fourth-order valence-electron chi connectivity index (χ4n) is 2.41. The van der Waals surface area contributed by atoms with Crippen LogP contribution in [-0.4, -0.2) is 27.1 Å². The van der Waals surface area contributed by atoms with Crippen LogP contribution < -0.4 is 15.6 Å². The Hall–Kier alpha value is -2.83. The number of methoxy groups -OCH3 is 1. The maximum Gasteiger partial charge on any atom is 0.275 e. The first-order chi connectivity index (χ1) is 11.0. The van der Waals surface area contributed by atoms with Gasteiger partial charge in [-0.05, 0) is 39.0 Å². The van der Waals surface area contributed by atoms with Crippen LogP contribution in [0.5, 0.6) is 5.75 Å². The van der Waals surface area contributed by atoms with Crippen LogP contribution >= 0.6 is 0 Å². The number of nitrogens with zero attached hydrogens (tertiary/aromatic N) is 3. The minimum absolute atomic E-state index is 0.0459. The van der Waals surface area contributed by atoms with Crippen molar-refractivity contribution in [3.8, 4) is 5.75 Å². The highest BCUT2D eigenvalue weighted by atomic mass is 16.5. The predicted octanol–water partition coefficient (Wildman–Crippen LogP) is 2.76. The summed E-state index contributed by atoms with van der Waals surface area (Å²) in [5, 5.41) is 16.0. The summed E-state index contributed by atoms with van der Waals surface area (Å²) in [6, 6.07) is 7.17. The number of aryl methyl sites for hydroxylation is 1. The first-order valence-electron chi connectivity index (χ1n) is 7.39. The molecule has 0 saturated carbocycles. The van der Waals surface area contributed by atoms with E-state index in [2.05, 4.69) is 20.6 Å². The van der Waals surface area contributed by atoms with E-state index in [1.54, 1.807) is 25.3 Å². The molecule has 1 aromatic carbocycles. The van der Waals surface area contributed by atoms with Crippen LogP contribution in [0.4, 0.5) is 11.6 Å². The van der Waals surface area contributed by atoms with E-state index in [0.29, 0.717) is 28.2 Å². The Kier molecular flexibility index (Phi) is 3.77. The van der Waals surface area contributed by atoms with E-state index >= 15 is 0 Å². The van der Waals surface area contributed by atoms with Crippen molar-refractivity contribution >= 4 is 22.4 Å². The lowest BCUT2D eigenvalue weighted by Gasteiger charge is -2.14. The molecule has 7 heteroatoms. The normalized spacial score (nSPS) is 11.2. The number of ether oxygens (including phenoxy) is 1. The van der Waals surface area contributed by atoms with Gasteiger partial charge in [-0.3, -0.25) is 9.89 Å². The SMILES string of the molecule is COc1ccc2c(=O)n(C(C)C)nc(Nc3cc(C)[nH]n3)c2c1. The average molecular weight is 313 g/mol. The number of nitrogens with one attached hydrogen (secondary N) is 2. The summed E-state index contributed by atoms with van der Waals surface area (Å²) in [6.07, 6.45) is 0. The van der Waals surface area contributed by atoms with Gasteiger partial charge in [0.15, 0.2) is 11.6 Å². The molecule has 2 heterocycles. The van der Waals surface area contributed by atoms with Crippen LogP contribution in [0.1, 0.15) is 25.6 Å². The Morgan fingerprint density at radius 3 is 2.65 bits per heavy atom. The molecule has 3 aromatic rings. The molecule has 0 spiro atoms. The van der Waals surface area contributed by atoms with E-state index in [9.17, 15) is 4.79 Å². The highest BCUT2D eigenvalue weighted by molar-refractivity contribution is 5.93. The molecular formula is C16H19N5O2. The molecule has 2 aromatic heterocycles. The van der Waals surface area contributed by atoms with Gasteiger partial charge >= 0.3 is 0 Å². The topological polar surface area (TPSA) is 84.8 Å². The minimum Gasteiger partial charge on any atom is -0.497 e. The molecule has 0 aliphatic rings. The number of rotatable bonds is 4. The van der Waals surface area contributed by atoms with Crippen LogP contribution in [-0.2, 0) is 0 Å². The maximum absolute atomic E-state index is 12.6. The zero-order chi connectivity index (χ0) is 16.6. The summed E-state index contributed by atoms with van der Waals surface area (Å²) in [5.41, 5.74) is 0.813.